The molecule has 7 nitrogen and oxygen atoms in total. The minimum Gasteiger partial charge on any atom is -0.361 e. The number of hydrogen-bond donors (Lipinski definition) is 2. The second-order valence-corrected chi connectivity index (χ2v) is 7.36. The van der Waals surface area contributed by atoms with E-state index in [1.807, 2.05) is 19.9 Å². The molecule has 8 heteroatoms. The number of aromatic nitrogens is 1. The van der Waals surface area contributed by atoms with Crippen LogP contribution in [0.2, 0.25) is 0 Å². The molecule has 1 aromatic heterocycles. The second-order valence-electron chi connectivity index (χ2n) is 5.61. The number of carbonyl (C=O) groups excluding carboxylic acids is 1. The van der Waals surface area contributed by atoms with Crippen molar-refractivity contribution in [2.24, 2.45) is 0 Å². The van der Waals surface area contributed by atoms with E-state index in [2.05, 4.69) is 15.2 Å². The number of aryl methyl sites for hydroxylation is 2. The first kappa shape index (κ1) is 18.0. The summed E-state index contributed by atoms with van der Waals surface area (Å²) in [6, 6.07) is 6.58. The largest absolute Gasteiger partial charge is 0.361 e. The van der Waals surface area contributed by atoms with Gasteiger partial charge in [-0.15, -0.1) is 0 Å². The molecule has 2 aromatic rings. The lowest BCUT2D eigenvalue weighted by Crippen LogP contribution is -2.27. The number of hydrogen-bond acceptors (Lipinski definition) is 5. The van der Waals surface area contributed by atoms with Crippen molar-refractivity contribution in [3.05, 3.63) is 46.8 Å². The normalized spacial score (nSPS) is 12.7. The predicted molar refractivity (Wildman–Crippen MR) is 91.4 cm³/mol. The van der Waals surface area contributed by atoms with Crippen molar-refractivity contribution in [3.63, 3.8) is 0 Å². The van der Waals surface area contributed by atoms with Gasteiger partial charge in [0.1, 0.15) is 11.3 Å². The topological polar surface area (TPSA) is 101 Å². The molecule has 1 heterocycles. The Balaban J connectivity index is 2.17. The van der Waals surface area contributed by atoms with Crippen LogP contribution in [0.3, 0.4) is 0 Å². The van der Waals surface area contributed by atoms with E-state index in [-0.39, 0.29) is 11.9 Å². The number of benzene rings is 1. The van der Waals surface area contributed by atoms with E-state index >= 15 is 0 Å². The van der Waals surface area contributed by atoms with Crippen molar-refractivity contribution >= 4 is 21.6 Å². The fourth-order valence-corrected chi connectivity index (χ4v) is 2.94. The van der Waals surface area contributed by atoms with Crippen LogP contribution >= 0.6 is 0 Å². The molecule has 0 aliphatic rings. The Hall–Kier alpha value is -2.35. The van der Waals surface area contributed by atoms with E-state index in [1.54, 1.807) is 25.1 Å². The first-order chi connectivity index (χ1) is 11.2. The fourth-order valence-electron chi connectivity index (χ4n) is 2.39. The first-order valence-electron chi connectivity index (χ1n) is 7.55. The molecule has 0 spiro atoms. The van der Waals surface area contributed by atoms with Gasteiger partial charge in [0.15, 0.2) is 0 Å². The molecule has 1 amide bonds. The summed E-state index contributed by atoms with van der Waals surface area (Å²) in [6.07, 6.45) is 1.69. The Morgan fingerprint density at radius 3 is 2.71 bits per heavy atom. The third kappa shape index (κ3) is 4.35. The number of rotatable bonds is 6. The van der Waals surface area contributed by atoms with Crippen molar-refractivity contribution in [1.82, 2.24) is 10.5 Å². The Morgan fingerprint density at radius 2 is 2.08 bits per heavy atom. The highest BCUT2D eigenvalue weighted by molar-refractivity contribution is 7.92. The molecule has 1 unspecified atom stereocenters. The molecule has 24 heavy (non-hydrogen) atoms. The highest BCUT2D eigenvalue weighted by Crippen LogP contribution is 2.20. The van der Waals surface area contributed by atoms with Crippen molar-refractivity contribution in [1.29, 1.82) is 0 Å². The van der Waals surface area contributed by atoms with E-state index in [4.69, 9.17) is 4.52 Å². The fraction of sp³-hybridized carbons (Fsp3) is 0.375. The molecular weight excluding hydrogens is 330 g/mol. The van der Waals surface area contributed by atoms with Gasteiger partial charge in [-0.1, -0.05) is 24.2 Å². The Labute approximate surface area is 141 Å². The Kier molecular flexibility index (Phi) is 5.28. The molecule has 0 radical (unpaired) electrons. The number of anilines is 1. The van der Waals surface area contributed by atoms with E-state index < -0.39 is 10.0 Å². The molecule has 2 rings (SSSR count). The number of sulfonamides is 1. The smallest absolute Gasteiger partial charge is 0.257 e. The predicted octanol–water partition coefficient (Wildman–Crippen LogP) is 2.41. The third-order valence-corrected chi connectivity index (χ3v) is 4.14. The molecule has 0 aliphatic heterocycles. The summed E-state index contributed by atoms with van der Waals surface area (Å²) >= 11 is 0. The lowest BCUT2D eigenvalue weighted by atomic mass is 10.1. The lowest BCUT2D eigenvalue weighted by Gasteiger charge is -2.15. The summed E-state index contributed by atoms with van der Waals surface area (Å²) in [6.45, 7) is 5.42. The maximum absolute atomic E-state index is 12.5. The van der Waals surface area contributed by atoms with E-state index in [9.17, 15) is 13.2 Å². The van der Waals surface area contributed by atoms with Crippen molar-refractivity contribution < 1.29 is 17.7 Å². The highest BCUT2D eigenvalue weighted by atomic mass is 32.2. The summed E-state index contributed by atoms with van der Waals surface area (Å²) in [5.74, 6) is 0.212. The van der Waals surface area contributed by atoms with Crippen LogP contribution in [0.25, 0.3) is 0 Å². The zero-order chi connectivity index (χ0) is 17.9. The Bertz CT molecular complexity index is 843. The summed E-state index contributed by atoms with van der Waals surface area (Å²) in [5.41, 5.74) is 2.30. The van der Waals surface area contributed by atoms with Gasteiger partial charge < -0.3 is 9.84 Å². The van der Waals surface area contributed by atoms with Gasteiger partial charge in [-0.25, -0.2) is 8.42 Å². The van der Waals surface area contributed by atoms with Crippen LogP contribution < -0.4 is 10.0 Å². The van der Waals surface area contributed by atoms with E-state index in [0.717, 1.165) is 11.8 Å². The van der Waals surface area contributed by atoms with Crippen molar-refractivity contribution in [2.45, 2.75) is 33.2 Å². The van der Waals surface area contributed by atoms with Gasteiger partial charge >= 0.3 is 0 Å². The van der Waals surface area contributed by atoms with E-state index in [0.29, 0.717) is 29.1 Å². The highest BCUT2D eigenvalue weighted by Gasteiger charge is 2.21. The van der Waals surface area contributed by atoms with Crippen LogP contribution in [-0.2, 0) is 16.4 Å². The number of carbonyl (C=O) groups is 1. The minimum atomic E-state index is -3.35. The van der Waals surface area contributed by atoms with Gasteiger partial charge in [0.2, 0.25) is 10.0 Å². The van der Waals surface area contributed by atoms with Gasteiger partial charge in [0, 0.05) is 5.69 Å². The van der Waals surface area contributed by atoms with Crippen molar-refractivity contribution in [3.8, 4) is 0 Å². The van der Waals surface area contributed by atoms with Gasteiger partial charge in [0.25, 0.3) is 5.91 Å². The molecule has 1 atom stereocenters. The second kappa shape index (κ2) is 7.04. The van der Waals surface area contributed by atoms with Crippen LogP contribution in [0.5, 0.6) is 0 Å². The average Bonchev–Trinajstić information content (AvgIpc) is 2.86. The number of amides is 1. The molecule has 0 bridgehead atoms. The van der Waals surface area contributed by atoms with E-state index in [1.165, 1.54) is 0 Å². The van der Waals surface area contributed by atoms with Crippen LogP contribution in [0.4, 0.5) is 5.69 Å². The van der Waals surface area contributed by atoms with Gasteiger partial charge in [0.05, 0.1) is 18.0 Å². The molecular formula is C16H21N3O4S. The molecule has 0 aliphatic carbocycles. The monoisotopic (exact) mass is 351 g/mol. The zero-order valence-corrected chi connectivity index (χ0v) is 14.9. The quantitative estimate of drug-likeness (QED) is 0.832. The molecule has 1 aromatic carbocycles. The average molecular weight is 351 g/mol. The van der Waals surface area contributed by atoms with Crippen LogP contribution in [0.1, 0.15) is 47.3 Å². The lowest BCUT2D eigenvalue weighted by molar-refractivity contribution is 0.0937. The molecule has 0 fully saturated rings. The van der Waals surface area contributed by atoms with Crippen LogP contribution in [0, 0.1) is 6.92 Å². The number of nitrogens with zero attached hydrogens (tertiary/aromatic N) is 1. The van der Waals surface area contributed by atoms with Crippen molar-refractivity contribution in [2.75, 3.05) is 11.0 Å². The molecule has 0 saturated carbocycles. The van der Waals surface area contributed by atoms with Crippen LogP contribution in [-0.4, -0.2) is 25.7 Å². The van der Waals surface area contributed by atoms with Gasteiger partial charge in [-0.05, 0) is 38.0 Å². The van der Waals surface area contributed by atoms with Gasteiger partial charge in [-0.3, -0.25) is 9.52 Å². The standard InChI is InChI=1S/C16H21N3O4S/c1-5-14-15(11(3)23-18-14)16(20)17-10(2)12-7-6-8-13(9-12)19-24(4,21)22/h6-10,19H,5H2,1-4H3,(H,17,20). The zero-order valence-electron chi connectivity index (χ0n) is 14.1. The molecule has 2 N–H and O–H groups in total. The molecule has 130 valence electrons. The molecule has 0 saturated heterocycles. The minimum absolute atomic E-state index is 0.264. The van der Waals surface area contributed by atoms with Crippen LogP contribution in [0.15, 0.2) is 28.8 Å². The SMILES string of the molecule is CCc1noc(C)c1C(=O)NC(C)c1cccc(NS(C)(=O)=O)c1. The summed E-state index contributed by atoms with van der Waals surface area (Å²) in [7, 11) is -3.35. The summed E-state index contributed by atoms with van der Waals surface area (Å²) < 4.78 is 30.2. The van der Waals surface area contributed by atoms with Gasteiger partial charge in [-0.2, -0.15) is 0 Å². The maximum Gasteiger partial charge on any atom is 0.257 e. The summed E-state index contributed by atoms with van der Waals surface area (Å²) in [5, 5.41) is 6.77. The first-order valence-corrected chi connectivity index (χ1v) is 9.44. The number of nitrogens with one attached hydrogen (secondary N) is 2. The third-order valence-electron chi connectivity index (χ3n) is 3.53. The summed E-state index contributed by atoms with van der Waals surface area (Å²) in [4.78, 5) is 12.5. The Morgan fingerprint density at radius 1 is 1.38 bits per heavy atom. The maximum atomic E-state index is 12.5.